The number of esters is 1. The molecule has 0 aliphatic heterocycles. The molecule has 0 aliphatic carbocycles. The zero-order valence-electron chi connectivity index (χ0n) is 14.8. The number of aromatic nitrogens is 2. The van der Waals surface area contributed by atoms with E-state index in [2.05, 4.69) is 9.97 Å². The van der Waals surface area contributed by atoms with E-state index in [0.717, 1.165) is 6.07 Å². The van der Waals surface area contributed by atoms with Crippen LogP contribution in [0.4, 0.5) is 0 Å². The van der Waals surface area contributed by atoms with Gasteiger partial charge in [-0.2, -0.15) is 0 Å². The van der Waals surface area contributed by atoms with Crippen LogP contribution in [0.1, 0.15) is 29.4 Å². The molecule has 0 amide bonds. The SMILES string of the molecule is COCc1cc(=O)c(O)c([C@@H](CC(=O)OC)c2cccc3nccnc23)o1. The minimum absolute atomic E-state index is 0.0434. The molecule has 140 valence electrons. The Morgan fingerprint density at radius 1 is 1.26 bits per heavy atom. The number of methoxy groups -OCH3 is 2. The van der Waals surface area contributed by atoms with Gasteiger partial charge < -0.3 is 19.0 Å². The Balaban J connectivity index is 2.23. The molecular formula is C19H18N2O6. The second-order valence-corrected chi connectivity index (χ2v) is 5.83. The highest BCUT2D eigenvalue weighted by molar-refractivity contribution is 5.80. The van der Waals surface area contributed by atoms with Crippen molar-refractivity contribution in [3.63, 3.8) is 0 Å². The van der Waals surface area contributed by atoms with Crippen LogP contribution >= 0.6 is 0 Å². The average molecular weight is 370 g/mol. The van der Waals surface area contributed by atoms with Gasteiger partial charge in [0.1, 0.15) is 12.4 Å². The van der Waals surface area contributed by atoms with Gasteiger partial charge in [-0.15, -0.1) is 0 Å². The van der Waals surface area contributed by atoms with Crippen LogP contribution in [0.3, 0.4) is 0 Å². The summed E-state index contributed by atoms with van der Waals surface area (Å²) in [6.45, 7) is 0.0445. The Morgan fingerprint density at radius 2 is 2.04 bits per heavy atom. The van der Waals surface area contributed by atoms with Crippen LogP contribution in [0, 0.1) is 0 Å². The zero-order valence-corrected chi connectivity index (χ0v) is 14.8. The lowest BCUT2D eigenvalue weighted by molar-refractivity contribution is -0.140. The summed E-state index contributed by atoms with van der Waals surface area (Å²) >= 11 is 0. The van der Waals surface area contributed by atoms with Crippen molar-refractivity contribution in [3.8, 4) is 5.75 Å². The Bertz CT molecular complexity index is 1020. The van der Waals surface area contributed by atoms with E-state index >= 15 is 0 Å². The van der Waals surface area contributed by atoms with Gasteiger partial charge in [0, 0.05) is 25.6 Å². The lowest BCUT2D eigenvalue weighted by atomic mass is 9.91. The summed E-state index contributed by atoms with van der Waals surface area (Å²) in [5, 5.41) is 10.3. The maximum atomic E-state index is 12.2. The average Bonchev–Trinajstić information content (AvgIpc) is 2.68. The van der Waals surface area contributed by atoms with E-state index in [9.17, 15) is 14.7 Å². The minimum atomic E-state index is -0.789. The molecule has 0 spiro atoms. The third-order valence-electron chi connectivity index (χ3n) is 4.11. The third-order valence-corrected chi connectivity index (χ3v) is 4.11. The first-order chi connectivity index (χ1) is 13.0. The van der Waals surface area contributed by atoms with Gasteiger partial charge in [-0.25, -0.2) is 0 Å². The van der Waals surface area contributed by atoms with E-state index in [-0.39, 0.29) is 24.5 Å². The summed E-state index contributed by atoms with van der Waals surface area (Å²) in [5.74, 6) is -1.69. The van der Waals surface area contributed by atoms with Crippen molar-refractivity contribution >= 4 is 17.0 Å². The molecule has 0 saturated carbocycles. The molecule has 1 atom stereocenters. The summed E-state index contributed by atoms with van der Waals surface area (Å²) in [4.78, 5) is 32.8. The molecule has 1 aromatic carbocycles. The first kappa shape index (κ1) is 18.5. The Labute approximate surface area is 154 Å². The highest BCUT2D eigenvalue weighted by Gasteiger charge is 2.28. The zero-order chi connectivity index (χ0) is 19.4. The third kappa shape index (κ3) is 3.80. The number of hydrogen-bond acceptors (Lipinski definition) is 8. The fourth-order valence-corrected chi connectivity index (χ4v) is 2.89. The van der Waals surface area contributed by atoms with Gasteiger partial charge in [0.15, 0.2) is 5.76 Å². The van der Waals surface area contributed by atoms with Crippen molar-refractivity contribution in [2.45, 2.75) is 18.9 Å². The molecule has 0 radical (unpaired) electrons. The standard InChI is InChI=1S/C19H18N2O6/c1-25-10-11-8-15(22)18(24)19(27-11)13(9-16(23)26-2)12-4-3-5-14-17(12)21-7-6-20-14/h3-8,13,24H,9-10H2,1-2H3/t13-/m0/s1. The summed E-state index contributed by atoms with van der Waals surface area (Å²) in [5.41, 5.74) is 1.11. The van der Waals surface area contributed by atoms with E-state index in [1.807, 2.05) is 0 Å². The monoisotopic (exact) mass is 370 g/mol. The van der Waals surface area contributed by atoms with Crippen LogP contribution < -0.4 is 5.43 Å². The number of para-hydroxylation sites is 1. The summed E-state index contributed by atoms with van der Waals surface area (Å²) in [6.07, 6.45) is 2.93. The molecule has 3 aromatic rings. The number of rotatable bonds is 6. The Morgan fingerprint density at radius 3 is 2.78 bits per heavy atom. The van der Waals surface area contributed by atoms with E-state index < -0.39 is 23.1 Å². The molecule has 0 aliphatic rings. The first-order valence-corrected chi connectivity index (χ1v) is 8.16. The molecule has 3 rings (SSSR count). The van der Waals surface area contributed by atoms with Gasteiger partial charge in [0.25, 0.3) is 0 Å². The summed E-state index contributed by atoms with van der Waals surface area (Å²) < 4.78 is 15.5. The van der Waals surface area contributed by atoms with Crippen LogP contribution in [0.5, 0.6) is 5.75 Å². The minimum Gasteiger partial charge on any atom is -0.502 e. The van der Waals surface area contributed by atoms with E-state index in [4.69, 9.17) is 13.9 Å². The summed E-state index contributed by atoms with van der Waals surface area (Å²) in [6, 6.07) is 6.43. The van der Waals surface area contributed by atoms with Gasteiger partial charge in [0.2, 0.25) is 11.2 Å². The van der Waals surface area contributed by atoms with Crippen molar-refractivity contribution in [2.75, 3.05) is 14.2 Å². The highest BCUT2D eigenvalue weighted by Crippen LogP contribution is 2.36. The van der Waals surface area contributed by atoms with Crippen molar-refractivity contribution in [3.05, 3.63) is 64.0 Å². The second-order valence-electron chi connectivity index (χ2n) is 5.83. The molecule has 2 aromatic heterocycles. The maximum Gasteiger partial charge on any atom is 0.306 e. The number of nitrogens with zero attached hydrogens (tertiary/aromatic N) is 2. The van der Waals surface area contributed by atoms with Crippen LogP contribution in [0.15, 0.2) is 45.9 Å². The Kier molecular flexibility index (Phi) is 5.46. The van der Waals surface area contributed by atoms with Crippen LogP contribution in [-0.2, 0) is 20.9 Å². The number of aromatic hydroxyl groups is 1. The highest BCUT2D eigenvalue weighted by atomic mass is 16.5. The molecule has 8 nitrogen and oxygen atoms in total. The van der Waals surface area contributed by atoms with Crippen molar-refractivity contribution < 1.29 is 23.8 Å². The number of carbonyl (C=O) groups is 1. The fraction of sp³-hybridized carbons (Fsp3) is 0.263. The maximum absolute atomic E-state index is 12.2. The second kappa shape index (κ2) is 7.96. The molecule has 0 fully saturated rings. The van der Waals surface area contributed by atoms with E-state index in [0.29, 0.717) is 16.6 Å². The number of fused-ring (bicyclic) bond motifs is 1. The van der Waals surface area contributed by atoms with Gasteiger partial charge in [-0.3, -0.25) is 19.6 Å². The molecule has 1 N–H and O–H groups in total. The summed E-state index contributed by atoms with van der Waals surface area (Å²) in [7, 11) is 2.72. The van der Waals surface area contributed by atoms with Crippen LogP contribution in [0.25, 0.3) is 11.0 Å². The smallest absolute Gasteiger partial charge is 0.306 e. The molecule has 0 unspecified atom stereocenters. The predicted octanol–water partition coefficient (Wildman–Crippen LogP) is 2.13. The van der Waals surface area contributed by atoms with Crippen LogP contribution in [-0.4, -0.2) is 35.3 Å². The number of ether oxygens (including phenoxy) is 2. The molecule has 0 saturated heterocycles. The van der Waals surface area contributed by atoms with Crippen molar-refractivity contribution in [1.29, 1.82) is 0 Å². The molecule has 27 heavy (non-hydrogen) atoms. The quantitative estimate of drug-likeness (QED) is 0.657. The van der Waals surface area contributed by atoms with E-state index in [1.54, 1.807) is 24.4 Å². The molecule has 8 heteroatoms. The van der Waals surface area contributed by atoms with Crippen molar-refractivity contribution in [1.82, 2.24) is 9.97 Å². The van der Waals surface area contributed by atoms with Gasteiger partial charge in [0.05, 0.1) is 30.5 Å². The number of carbonyl (C=O) groups excluding carboxylic acids is 1. The Hall–Kier alpha value is -3.26. The van der Waals surface area contributed by atoms with Crippen LogP contribution in [0.2, 0.25) is 0 Å². The molecule has 2 heterocycles. The fourth-order valence-electron chi connectivity index (χ4n) is 2.89. The number of hydrogen-bond donors (Lipinski definition) is 1. The van der Waals surface area contributed by atoms with E-state index in [1.165, 1.54) is 20.4 Å². The molecular weight excluding hydrogens is 352 g/mol. The lowest BCUT2D eigenvalue weighted by Gasteiger charge is -2.18. The number of benzene rings is 1. The first-order valence-electron chi connectivity index (χ1n) is 8.16. The van der Waals surface area contributed by atoms with Crippen molar-refractivity contribution in [2.24, 2.45) is 0 Å². The molecule has 0 bridgehead atoms. The topological polar surface area (TPSA) is 112 Å². The predicted molar refractivity (Wildman–Crippen MR) is 95.4 cm³/mol. The lowest BCUT2D eigenvalue weighted by Crippen LogP contribution is -2.14. The van der Waals surface area contributed by atoms with Gasteiger partial charge >= 0.3 is 5.97 Å². The normalized spacial score (nSPS) is 12.1. The van der Waals surface area contributed by atoms with Gasteiger partial charge in [-0.05, 0) is 11.6 Å². The van der Waals surface area contributed by atoms with Gasteiger partial charge in [-0.1, -0.05) is 12.1 Å². The largest absolute Gasteiger partial charge is 0.502 e.